The normalized spacial score (nSPS) is 17.8. The van der Waals surface area contributed by atoms with Gasteiger partial charge < -0.3 is 14.8 Å². The molecule has 43 heavy (non-hydrogen) atoms. The maximum absolute atomic E-state index is 15.4. The van der Waals surface area contributed by atoms with Gasteiger partial charge in [-0.2, -0.15) is 26.3 Å². The van der Waals surface area contributed by atoms with Gasteiger partial charge in [-0.1, -0.05) is 12.1 Å². The number of halogens is 7. The van der Waals surface area contributed by atoms with Crippen molar-refractivity contribution >= 4 is 27.4 Å². The van der Waals surface area contributed by atoms with Crippen LogP contribution in [0, 0.1) is 5.82 Å². The van der Waals surface area contributed by atoms with E-state index in [1.165, 1.54) is 31.4 Å². The van der Waals surface area contributed by atoms with E-state index in [9.17, 15) is 44.3 Å². The van der Waals surface area contributed by atoms with E-state index in [1.807, 2.05) is 0 Å². The van der Waals surface area contributed by atoms with Gasteiger partial charge in [0.2, 0.25) is 10.0 Å². The van der Waals surface area contributed by atoms with Crippen LogP contribution in [-0.4, -0.2) is 52.6 Å². The van der Waals surface area contributed by atoms with Crippen molar-refractivity contribution in [1.29, 1.82) is 0 Å². The van der Waals surface area contributed by atoms with Gasteiger partial charge >= 0.3 is 12.4 Å². The minimum Gasteiger partial charge on any atom is -0.497 e. The molecule has 1 aliphatic rings. The molecule has 1 atom stereocenters. The average molecular weight is 641 g/mol. The molecular formula is C27H27F7N2O6S. The first-order valence-electron chi connectivity index (χ1n) is 12.7. The number of benzene rings is 2. The minimum absolute atomic E-state index is 0.0613. The summed E-state index contributed by atoms with van der Waals surface area (Å²) in [4.78, 5) is 26.0. The number of amides is 2. The van der Waals surface area contributed by atoms with Gasteiger partial charge in [0.15, 0.2) is 5.54 Å². The molecule has 0 aliphatic carbocycles. The van der Waals surface area contributed by atoms with E-state index in [-0.39, 0.29) is 42.9 Å². The lowest BCUT2D eigenvalue weighted by Crippen LogP contribution is -2.60. The molecule has 0 radical (unpaired) electrons. The second-order valence-electron chi connectivity index (χ2n) is 9.74. The Balaban J connectivity index is 2.00. The first kappa shape index (κ1) is 33.7. The van der Waals surface area contributed by atoms with E-state index >= 15 is 4.39 Å². The van der Waals surface area contributed by atoms with Crippen LogP contribution in [0.5, 0.6) is 11.5 Å². The number of methoxy groups -OCH3 is 1. The number of ether oxygens (including phenoxy) is 2. The van der Waals surface area contributed by atoms with Crippen LogP contribution in [0.2, 0.25) is 0 Å². The molecular weight excluding hydrogens is 613 g/mol. The molecule has 16 heteroatoms. The molecule has 3 rings (SSSR count). The molecule has 0 saturated heterocycles. The number of carbonyl (C=O) groups is 2. The Kier molecular flexibility index (Phi) is 10.0. The Morgan fingerprint density at radius 1 is 1.00 bits per heavy atom. The molecule has 236 valence electrons. The second kappa shape index (κ2) is 12.8. The molecule has 0 aromatic heterocycles. The Labute approximate surface area is 242 Å². The summed E-state index contributed by atoms with van der Waals surface area (Å²) in [5, 5.41) is 1.69. The zero-order valence-electron chi connectivity index (χ0n) is 22.8. The smallest absolute Gasteiger partial charge is 0.416 e. The third kappa shape index (κ3) is 8.39. The van der Waals surface area contributed by atoms with Crippen molar-refractivity contribution in [3.8, 4) is 11.5 Å². The summed E-state index contributed by atoms with van der Waals surface area (Å²) in [6.45, 7) is -0.124. The van der Waals surface area contributed by atoms with Crippen LogP contribution in [0.4, 0.5) is 30.7 Å². The molecule has 1 heterocycles. The molecule has 0 saturated carbocycles. The lowest BCUT2D eigenvalue weighted by molar-refractivity contribution is -0.202. The Morgan fingerprint density at radius 2 is 1.63 bits per heavy atom. The Hall–Kier alpha value is -3.82. The second-order valence-corrected chi connectivity index (χ2v) is 11.5. The highest BCUT2D eigenvalue weighted by Crippen LogP contribution is 2.49. The summed E-state index contributed by atoms with van der Waals surface area (Å²) < 4.78 is 132. The number of hydrogen-bond acceptors (Lipinski definition) is 6. The van der Waals surface area contributed by atoms with E-state index in [2.05, 4.69) is 0 Å². The zero-order valence-corrected chi connectivity index (χ0v) is 23.6. The van der Waals surface area contributed by atoms with E-state index in [1.54, 1.807) is 10.0 Å². The fourth-order valence-corrected chi connectivity index (χ4v) is 4.94. The van der Waals surface area contributed by atoms with Gasteiger partial charge in [-0.3, -0.25) is 9.59 Å². The molecule has 2 amide bonds. The van der Waals surface area contributed by atoms with Gasteiger partial charge in [0.05, 0.1) is 20.0 Å². The molecule has 2 N–H and O–H groups in total. The van der Waals surface area contributed by atoms with Gasteiger partial charge in [0.25, 0.3) is 11.8 Å². The number of alkyl halides is 6. The van der Waals surface area contributed by atoms with Crippen molar-refractivity contribution < 1.29 is 58.2 Å². The first-order chi connectivity index (χ1) is 19.9. The minimum atomic E-state index is -5.33. The largest absolute Gasteiger partial charge is 0.497 e. The molecule has 2 aromatic rings. The van der Waals surface area contributed by atoms with Crippen molar-refractivity contribution in [1.82, 2.24) is 10.0 Å². The first-order valence-corrected chi connectivity index (χ1v) is 14.5. The monoisotopic (exact) mass is 640 g/mol. The maximum atomic E-state index is 15.4. The fraction of sp³-hybridized carbons (Fsp3) is 0.407. The van der Waals surface area contributed by atoms with Gasteiger partial charge in [0.1, 0.15) is 22.9 Å². The summed E-state index contributed by atoms with van der Waals surface area (Å²) in [5.41, 5.74) is -5.90. The number of rotatable bonds is 11. The highest BCUT2D eigenvalue weighted by molar-refractivity contribution is 7.89. The topological polar surface area (TPSA) is 111 Å². The highest BCUT2D eigenvalue weighted by Gasteiger charge is 2.61. The van der Waals surface area contributed by atoms with E-state index in [0.29, 0.717) is 12.3 Å². The van der Waals surface area contributed by atoms with Crippen molar-refractivity contribution in [2.45, 2.75) is 50.0 Å². The van der Waals surface area contributed by atoms with E-state index in [4.69, 9.17) is 9.47 Å². The summed E-state index contributed by atoms with van der Waals surface area (Å²) in [7, 11) is -2.91. The molecule has 0 bridgehead atoms. The standard InChI is InChI=1S/C27H27F7N2O6S/c1-41-17-8-6-16(7-9-17)19-15-25(27(32,33)34,35-23(37)22(19)24(38)36-43(2,39)40)20-11-10-18(14-21(20)28)42-13-5-3-4-12-26(29,30)31/h6-11,14H,3-5,12-13,15H2,1-2H3,(H,35,37)(H,36,38). The number of carbonyl (C=O) groups excluding carboxylic acids is 2. The van der Waals surface area contributed by atoms with Crippen molar-refractivity contribution in [2.24, 2.45) is 0 Å². The van der Waals surface area contributed by atoms with Crippen LogP contribution in [0.3, 0.4) is 0 Å². The van der Waals surface area contributed by atoms with Crippen molar-refractivity contribution in [2.75, 3.05) is 20.0 Å². The summed E-state index contributed by atoms with van der Waals surface area (Å²) in [6, 6.07) is 7.59. The number of unbranched alkanes of at least 4 members (excludes halogenated alkanes) is 2. The van der Waals surface area contributed by atoms with Crippen molar-refractivity contribution in [3.63, 3.8) is 0 Å². The molecule has 0 spiro atoms. The van der Waals surface area contributed by atoms with Crippen LogP contribution in [0.15, 0.2) is 48.0 Å². The van der Waals surface area contributed by atoms with Crippen LogP contribution in [-0.2, 0) is 25.2 Å². The van der Waals surface area contributed by atoms with E-state index in [0.717, 1.165) is 12.1 Å². The predicted octanol–water partition coefficient (Wildman–Crippen LogP) is 5.14. The van der Waals surface area contributed by atoms with Crippen LogP contribution < -0.4 is 19.5 Å². The highest BCUT2D eigenvalue weighted by atomic mass is 32.2. The molecule has 2 aromatic carbocycles. The van der Waals surface area contributed by atoms with Gasteiger partial charge in [-0.25, -0.2) is 17.5 Å². The lowest BCUT2D eigenvalue weighted by Gasteiger charge is -2.41. The molecule has 0 fully saturated rings. The number of sulfonamides is 1. The predicted molar refractivity (Wildman–Crippen MR) is 140 cm³/mol. The maximum Gasteiger partial charge on any atom is 0.416 e. The van der Waals surface area contributed by atoms with Crippen LogP contribution in [0.25, 0.3) is 5.57 Å². The lowest BCUT2D eigenvalue weighted by atomic mass is 9.76. The number of hydrogen-bond donors (Lipinski definition) is 2. The zero-order chi connectivity index (χ0) is 32.2. The van der Waals surface area contributed by atoms with E-state index < -0.39 is 75.1 Å². The molecule has 8 nitrogen and oxygen atoms in total. The summed E-state index contributed by atoms with van der Waals surface area (Å²) >= 11 is 0. The van der Waals surface area contributed by atoms with Crippen molar-refractivity contribution in [3.05, 3.63) is 65.0 Å². The quantitative estimate of drug-likeness (QED) is 0.200. The fourth-order valence-electron chi connectivity index (χ4n) is 4.50. The van der Waals surface area contributed by atoms with Crippen LogP contribution >= 0.6 is 0 Å². The van der Waals surface area contributed by atoms with Gasteiger partial charge in [-0.05, 0) is 54.7 Å². The Morgan fingerprint density at radius 3 is 2.16 bits per heavy atom. The molecule has 1 unspecified atom stereocenters. The SMILES string of the molecule is COc1ccc(C2=C(C(=O)NS(C)(=O)=O)C(=O)NC(c3ccc(OCCCCCC(F)(F)F)cc3F)(C(F)(F)F)C2)cc1. The Bertz CT molecular complexity index is 1490. The summed E-state index contributed by atoms with van der Waals surface area (Å²) in [6.07, 6.45) is -11.0. The average Bonchev–Trinajstić information content (AvgIpc) is 2.88. The molecule has 1 aliphatic heterocycles. The third-order valence-electron chi connectivity index (χ3n) is 6.50. The van der Waals surface area contributed by atoms with Crippen LogP contribution in [0.1, 0.15) is 43.2 Å². The number of nitrogens with one attached hydrogen (secondary N) is 2. The summed E-state index contributed by atoms with van der Waals surface area (Å²) in [5.74, 6) is -4.42. The third-order valence-corrected chi connectivity index (χ3v) is 7.06. The van der Waals surface area contributed by atoms with Gasteiger partial charge in [0, 0.05) is 24.5 Å². The van der Waals surface area contributed by atoms with Gasteiger partial charge in [-0.15, -0.1) is 0 Å².